The summed E-state index contributed by atoms with van der Waals surface area (Å²) >= 11 is 0. The minimum Gasteiger partial charge on any atom is -0.496 e. The average Bonchev–Trinajstić information content (AvgIpc) is 3.10. The van der Waals surface area contributed by atoms with E-state index in [9.17, 15) is 4.79 Å². The first-order valence-corrected chi connectivity index (χ1v) is 10.5. The van der Waals surface area contributed by atoms with Crippen LogP contribution < -0.4 is 10.1 Å². The van der Waals surface area contributed by atoms with Crippen molar-refractivity contribution < 1.29 is 9.53 Å². The highest BCUT2D eigenvalue weighted by molar-refractivity contribution is 6.02. The van der Waals surface area contributed by atoms with E-state index in [4.69, 9.17) is 14.7 Å². The standard InChI is InChI=1S/C23H31N3O2/c1-6-15(7-2)24-23-19(9-4)25-22(18(8-3)26-23)17-13-16-14(10-11-20(16)27)12-21(17)28-5/h12-13,15H,6-11H2,1-5H3,(H,24,26). The van der Waals surface area contributed by atoms with Gasteiger partial charge in [-0.3, -0.25) is 4.79 Å². The zero-order valence-corrected chi connectivity index (χ0v) is 17.7. The number of hydrogen-bond acceptors (Lipinski definition) is 5. The van der Waals surface area contributed by atoms with Crippen LogP contribution in [-0.2, 0) is 19.3 Å². The molecule has 0 amide bonds. The van der Waals surface area contributed by atoms with Crippen molar-refractivity contribution in [3.63, 3.8) is 0 Å². The molecule has 5 heteroatoms. The van der Waals surface area contributed by atoms with Gasteiger partial charge in [0.15, 0.2) is 5.78 Å². The maximum atomic E-state index is 12.3. The van der Waals surface area contributed by atoms with E-state index in [1.807, 2.05) is 12.1 Å². The molecule has 0 atom stereocenters. The molecule has 5 nitrogen and oxygen atoms in total. The molecule has 0 saturated heterocycles. The van der Waals surface area contributed by atoms with Crippen molar-refractivity contribution in [2.75, 3.05) is 12.4 Å². The van der Waals surface area contributed by atoms with Crippen LogP contribution in [0.1, 0.15) is 74.3 Å². The molecule has 28 heavy (non-hydrogen) atoms. The molecular weight excluding hydrogens is 350 g/mol. The minimum absolute atomic E-state index is 0.202. The fraction of sp³-hybridized carbons (Fsp3) is 0.522. The van der Waals surface area contributed by atoms with Crippen LogP contribution in [0, 0.1) is 0 Å². The van der Waals surface area contributed by atoms with Gasteiger partial charge in [0.05, 0.1) is 24.2 Å². The van der Waals surface area contributed by atoms with Gasteiger partial charge in [0.25, 0.3) is 0 Å². The Kier molecular flexibility index (Phi) is 6.32. The molecule has 150 valence electrons. The summed E-state index contributed by atoms with van der Waals surface area (Å²) in [4.78, 5) is 22.2. The summed E-state index contributed by atoms with van der Waals surface area (Å²) in [5.41, 5.74) is 5.44. The van der Waals surface area contributed by atoms with Crippen molar-refractivity contribution in [3.05, 3.63) is 34.6 Å². The number of methoxy groups -OCH3 is 1. The lowest BCUT2D eigenvalue weighted by molar-refractivity contribution is 0.0994. The summed E-state index contributed by atoms with van der Waals surface area (Å²) in [7, 11) is 1.67. The van der Waals surface area contributed by atoms with Gasteiger partial charge < -0.3 is 10.1 Å². The lowest BCUT2D eigenvalue weighted by atomic mass is 10.00. The highest BCUT2D eigenvalue weighted by Crippen LogP contribution is 2.37. The number of fused-ring (bicyclic) bond motifs is 1. The molecule has 0 saturated carbocycles. The van der Waals surface area contributed by atoms with Gasteiger partial charge in [-0.25, -0.2) is 9.97 Å². The summed E-state index contributed by atoms with van der Waals surface area (Å²) < 4.78 is 5.67. The Morgan fingerprint density at radius 2 is 1.71 bits per heavy atom. The normalized spacial score (nSPS) is 13.1. The van der Waals surface area contributed by atoms with Crippen molar-refractivity contribution in [1.82, 2.24) is 9.97 Å². The Morgan fingerprint density at radius 3 is 2.32 bits per heavy atom. The Balaban J connectivity index is 2.14. The van der Waals surface area contributed by atoms with Crippen LogP contribution in [0.15, 0.2) is 12.1 Å². The second-order valence-corrected chi connectivity index (χ2v) is 7.31. The van der Waals surface area contributed by atoms with Gasteiger partial charge in [0, 0.05) is 23.6 Å². The molecule has 3 rings (SSSR count). The van der Waals surface area contributed by atoms with Gasteiger partial charge >= 0.3 is 0 Å². The lowest BCUT2D eigenvalue weighted by Crippen LogP contribution is -2.20. The highest BCUT2D eigenvalue weighted by atomic mass is 16.5. The second kappa shape index (κ2) is 8.72. The molecule has 2 aromatic rings. The number of hydrogen-bond donors (Lipinski definition) is 1. The fourth-order valence-corrected chi connectivity index (χ4v) is 3.84. The van der Waals surface area contributed by atoms with Gasteiger partial charge in [-0.05, 0) is 49.8 Å². The molecule has 1 aliphatic carbocycles. The zero-order chi connectivity index (χ0) is 20.3. The lowest BCUT2D eigenvalue weighted by Gasteiger charge is -2.20. The van der Waals surface area contributed by atoms with Crippen molar-refractivity contribution in [3.8, 4) is 17.0 Å². The molecule has 0 fully saturated rings. The molecule has 1 aromatic heterocycles. The number of anilines is 1. The van der Waals surface area contributed by atoms with Crippen LogP contribution in [0.3, 0.4) is 0 Å². The van der Waals surface area contributed by atoms with E-state index in [2.05, 4.69) is 33.0 Å². The molecule has 0 unspecified atom stereocenters. The second-order valence-electron chi connectivity index (χ2n) is 7.31. The molecule has 0 bridgehead atoms. The van der Waals surface area contributed by atoms with Gasteiger partial charge in [-0.2, -0.15) is 0 Å². The Hall–Kier alpha value is -2.43. The van der Waals surface area contributed by atoms with Gasteiger partial charge in [-0.15, -0.1) is 0 Å². The van der Waals surface area contributed by atoms with Crippen molar-refractivity contribution in [1.29, 1.82) is 0 Å². The van der Waals surface area contributed by atoms with E-state index in [0.29, 0.717) is 12.5 Å². The number of Topliss-reactive ketones (excluding diaryl/α,β-unsaturated/α-hetero) is 1. The number of carbonyl (C=O) groups excluding carboxylic acids is 1. The number of rotatable bonds is 8. The number of nitrogens with zero attached hydrogens (tertiary/aromatic N) is 2. The number of benzene rings is 1. The van der Waals surface area contributed by atoms with Crippen molar-refractivity contribution >= 4 is 11.6 Å². The highest BCUT2D eigenvalue weighted by Gasteiger charge is 2.25. The maximum absolute atomic E-state index is 12.3. The molecule has 1 heterocycles. The first-order valence-electron chi connectivity index (χ1n) is 10.5. The molecule has 0 radical (unpaired) electrons. The van der Waals surface area contributed by atoms with Crippen LogP contribution >= 0.6 is 0 Å². The monoisotopic (exact) mass is 381 g/mol. The van der Waals surface area contributed by atoms with Crippen LogP contribution in [0.2, 0.25) is 0 Å². The quantitative estimate of drug-likeness (QED) is 0.696. The van der Waals surface area contributed by atoms with Gasteiger partial charge in [0.1, 0.15) is 11.6 Å². The first kappa shape index (κ1) is 20.3. The van der Waals surface area contributed by atoms with E-state index in [1.165, 1.54) is 0 Å². The van der Waals surface area contributed by atoms with E-state index >= 15 is 0 Å². The SMILES string of the molecule is CCc1nc(-c2cc3c(cc2OC)CCC3=O)c(CC)nc1NC(CC)CC. The van der Waals surface area contributed by atoms with Gasteiger partial charge in [-0.1, -0.05) is 27.7 Å². The van der Waals surface area contributed by atoms with E-state index in [0.717, 1.165) is 77.4 Å². The van der Waals surface area contributed by atoms with Gasteiger partial charge in [0.2, 0.25) is 0 Å². The van der Waals surface area contributed by atoms with Crippen molar-refractivity contribution in [2.24, 2.45) is 0 Å². The molecule has 1 N–H and O–H groups in total. The molecule has 1 aromatic carbocycles. The number of carbonyl (C=O) groups is 1. The smallest absolute Gasteiger partial charge is 0.163 e. The topological polar surface area (TPSA) is 64.1 Å². The van der Waals surface area contributed by atoms with E-state index in [-0.39, 0.29) is 5.78 Å². The molecular formula is C23H31N3O2. The maximum Gasteiger partial charge on any atom is 0.163 e. The number of aryl methyl sites for hydroxylation is 3. The largest absolute Gasteiger partial charge is 0.496 e. The third-order valence-electron chi connectivity index (χ3n) is 5.64. The zero-order valence-electron chi connectivity index (χ0n) is 17.7. The summed E-state index contributed by atoms with van der Waals surface area (Å²) in [5, 5.41) is 3.57. The average molecular weight is 382 g/mol. The number of ketones is 1. The summed E-state index contributed by atoms with van der Waals surface area (Å²) in [6, 6.07) is 4.35. The fourth-order valence-electron chi connectivity index (χ4n) is 3.84. The summed E-state index contributed by atoms with van der Waals surface area (Å²) in [6.07, 6.45) is 5.01. The van der Waals surface area contributed by atoms with Crippen LogP contribution in [0.25, 0.3) is 11.3 Å². The Morgan fingerprint density at radius 1 is 1.00 bits per heavy atom. The minimum atomic E-state index is 0.202. The summed E-state index contributed by atoms with van der Waals surface area (Å²) in [6.45, 7) is 8.55. The number of nitrogens with one attached hydrogen (secondary N) is 1. The Labute approximate surface area is 167 Å². The first-order chi connectivity index (χ1) is 13.6. The van der Waals surface area contributed by atoms with Crippen LogP contribution in [0.5, 0.6) is 5.75 Å². The molecule has 1 aliphatic rings. The predicted molar refractivity (Wildman–Crippen MR) is 113 cm³/mol. The van der Waals surface area contributed by atoms with E-state index < -0.39 is 0 Å². The number of aromatic nitrogens is 2. The van der Waals surface area contributed by atoms with Crippen LogP contribution in [0.4, 0.5) is 5.82 Å². The third-order valence-corrected chi connectivity index (χ3v) is 5.64. The van der Waals surface area contributed by atoms with E-state index in [1.54, 1.807) is 7.11 Å². The molecule has 0 spiro atoms. The van der Waals surface area contributed by atoms with Crippen LogP contribution in [-0.4, -0.2) is 28.9 Å². The van der Waals surface area contributed by atoms with Crippen molar-refractivity contribution in [2.45, 2.75) is 72.3 Å². The number of ether oxygens (including phenoxy) is 1. The predicted octanol–water partition coefficient (Wildman–Crippen LogP) is 5.01. The molecule has 0 aliphatic heterocycles. The third kappa shape index (κ3) is 3.75. The summed E-state index contributed by atoms with van der Waals surface area (Å²) in [5.74, 6) is 1.85. The Bertz CT molecular complexity index is 873.